The number of hydrogen-bond acceptors (Lipinski definition) is 17. The summed E-state index contributed by atoms with van der Waals surface area (Å²) in [5.74, 6) is -7.37. The quantitative estimate of drug-likeness (QED) is 0.0261. The first-order valence-corrected chi connectivity index (χ1v) is 17.2. The molecule has 2 amide bonds. The number of hydrogen-bond donors (Lipinski definition) is 7. The number of anilines is 1. The molecule has 1 unspecified atom stereocenters. The number of thiazole rings is 1. The number of carboxylic acid groups (broad SMARTS) is 3. The van der Waals surface area contributed by atoms with Gasteiger partial charge in [0.05, 0.1) is 0 Å². The van der Waals surface area contributed by atoms with Gasteiger partial charge in [0.15, 0.2) is 22.3 Å². The molecule has 3 aromatic heterocycles. The minimum atomic E-state index is -1.85. The van der Waals surface area contributed by atoms with Crippen molar-refractivity contribution in [3.05, 3.63) is 63.7 Å². The molecule has 1 aromatic carbocycles. The summed E-state index contributed by atoms with van der Waals surface area (Å²) in [6.07, 6.45) is -1.85. The SMILES string of the molecule is Cc1cc(SCC2=C(C(=O)O)N3C(=O)[C@@H](NC(=O)/C(=N/OC(C(=O)O)c4ccc(O)c(O)c4)c4csc(N)n4)[C@H]3SC2)n2nc(C(=O)O)nc2n1. The highest BCUT2D eigenvalue weighted by molar-refractivity contribution is 8.01. The van der Waals surface area contributed by atoms with E-state index >= 15 is 0 Å². The first-order chi connectivity index (χ1) is 24.2. The number of nitrogens with two attached hydrogens (primary N) is 1. The molecular weight excluding hydrogens is 735 g/mol. The summed E-state index contributed by atoms with van der Waals surface area (Å²) in [5.41, 5.74) is 5.56. The van der Waals surface area contributed by atoms with Gasteiger partial charge in [-0.25, -0.2) is 24.4 Å². The molecule has 51 heavy (non-hydrogen) atoms. The normalized spacial score (nSPS) is 17.9. The van der Waals surface area contributed by atoms with Crippen molar-refractivity contribution < 1.29 is 54.3 Å². The van der Waals surface area contributed by atoms with E-state index < -0.39 is 70.3 Å². The molecule has 4 aromatic rings. The third kappa shape index (κ3) is 6.80. The highest BCUT2D eigenvalue weighted by atomic mass is 32.2. The molecule has 6 rings (SSSR count). The Hall–Kier alpha value is -5.94. The average Bonchev–Trinajstić information content (AvgIpc) is 3.71. The Morgan fingerprint density at radius 1 is 1.12 bits per heavy atom. The van der Waals surface area contributed by atoms with Crippen LogP contribution in [0.5, 0.6) is 11.5 Å². The minimum Gasteiger partial charge on any atom is -0.504 e. The second-order valence-corrected chi connectivity index (χ2v) is 13.7. The molecular formula is C28H23N9O11S3. The summed E-state index contributed by atoms with van der Waals surface area (Å²) in [7, 11) is 0. The van der Waals surface area contributed by atoms with E-state index in [2.05, 4.69) is 30.5 Å². The molecule has 20 nitrogen and oxygen atoms in total. The second kappa shape index (κ2) is 13.8. The number of carbonyl (C=O) groups excluding carboxylic acids is 2. The number of aromatic carboxylic acids is 1. The lowest BCUT2D eigenvalue weighted by Crippen LogP contribution is -2.71. The van der Waals surface area contributed by atoms with Crippen LogP contribution in [0, 0.1) is 6.92 Å². The summed E-state index contributed by atoms with van der Waals surface area (Å²) in [4.78, 5) is 81.1. The van der Waals surface area contributed by atoms with E-state index in [1.165, 1.54) is 21.7 Å². The zero-order valence-corrected chi connectivity index (χ0v) is 28.1. The first-order valence-electron chi connectivity index (χ1n) is 14.2. The second-order valence-electron chi connectivity index (χ2n) is 10.7. The van der Waals surface area contributed by atoms with Crippen molar-refractivity contribution in [1.82, 2.24) is 34.8 Å². The Labute approximate surface area is 296 Å². The Bertz CT molecular complexity index is 2200. The zero-order valence-electron chi connectivity index (χ0n) is 25.7. The number of phenols is 2. The molecule has 2 aliphatic rings. The molecule has 1 fully saturated rings. The molecule has 0 saturated carbocycles. The van der Waals surface area contributed by atoms with Gasteiger partial charge in [0.1, 0.15) is 27.8 Å². The smallest absolute Gasteiger partial charge is 0.375 e. The fourth-order valence-corrected chi connectivity index (χ4v) is 8.05. The number of aromatic nitrogens is 5. The third-order valence-electron chi connectivity index (χ3n) is 7.29. The highest BCUT2D eigenvalue weighted by Crippen LogP contribution is 2.42. The highest BCUT2D eigenvalue weighted by Gasteiger charge is 2.54. The van der Waals surface area contributed by atoms with E-state index in [9.17, 15) is 49.5 Å². The van der Waals surface area contributed by atoms with Crippen LogP contribution < -0.4 is 11.1 Å². The molecule has 0 radical (unpaired) electrons. The number of β-lactam (4-membered cyclic amide) rings is 1. The fourth-order valence-electron chi connectivity index (χ4n) is 4.97. The number of amides is 2. The molecule has 8 N–H and O–H groups in total. The van der Waals surface area contributed by atoms with Crippen LogP contribution in [0.4, 0.5) is 5.13 Å². The number of aliphatic carboxylic acids is 2. The molecule has 264 valence electrons. The van der Waals surface area contributed by atoms with Crippen LogP contribution in [0.3, 0.4) is 0 Å². The minimum absolute atomic E-state index is 0.0351. The van der Waals surface area contributed by atoms with Crippen molar-refractivity contribution >= 4 is 81.2 Å². The maximum Gasteiger partial charge on any atom is 0.375 e. The molecule has 0 spiro atoms. The number of aryl methyl sites for hydroxylation is 1. The first kappa shape index (κ1) is 34.9. The summed E-state index contributed by atoms with van der Waals surface area (Å²) < 4.78 is 1.23. The summed E-state index contributed by atoms with van der Waals surface area (Å²) in [5, 5.41) is 59.7. The lowest BCUT2D eigenvalue weighted by molar-refractivity contribution is -0.151. The number of nitrogen functional groups attached to an aromatic ring is 1. The Morgan fingerprint density at radius 2 is 1.88 bits per heavy atom. The summed E-state index contributed by atoms with van der Waals surface area (Å²) in [6, 6.07) is 3.55. The predicted molar refractivity (Wildman–Crippen MR) is 177 cm³/mol. The van der Waals surface area contributed by atoms with Gasteiger partial charge in [-0.15, -0.1) is 40.0 Å². The van der Waals surface area contributed by atoms with Crippen LogP contribution in [0.1, 0.15) is 33.7 Å². The molecule has 2 aliphatic heterocycles. The van der Waals surface area contributed by atoms with Crippen molar-refractivity contribution in [2.75, 3.05) is 17.2 Å². The predicted octanol–water partition coefficient (Wildman–Crippen LogP) is 0.658. The van der Waals surface area contributed by atoms with Gasteiger partial charge in [0.2, 0.25) is 6.10 Å². The fraction of sp³-hybridized carbons (Fsp3) is 0.214. The topological polar surface area (TPSA) is 305 Å². The lowest BCUT2D eigenvalue weighted by Gasteiger charge is -2.49. The van der Waals surface area contributed by atoms with Crippen LogP contribution in [-0.4, -0.2) is 113 Å². The van der Waals surface area contributed by atoms with Gasteiger partial charge in [0.25, 0.3) is 23.4 Å². The molecule has 5 heterocycles. The Balaban J connectivity index is 1.21. The molecule has 0 bridgehead atoms. The monoisotopic (exact) mass is 757 g/mol. The van der Waals surface area contributed by atoms with E-state index in [-0.39, 0.29) is 39.4 Å². The van der Waals surface area contributed by atoms with Crippen LogP contribution in [-0.2, 0) is 24.0 Å². The standard InChI is InChI=1S/C28H23N9O11S3/c1-9-4-15(37-28(30-9)33-20(34-37)26(46)47)49-6-11-7-50-23-17(22(41)36(23)18(11)24(42)43)32-21(40)16(12-8-51-27(29)31-12)35-48-19(25(44)45)10-2-3-13(38)14(39)5-10/h2-5,8,17,19,23,38-39H,6-7H2,1H3,(H2,29,31)(H,32,40)(H,42,43)(H,44,45)(H,46,47)/b35-16+/t17-,19?,23-/m1/s1. The van der Waals surface area contributed by atoms with Crippen LogP contribution in [0.2, 0.25) is 0 Å². The van der Waals surface area contributed by atoms with Crippen LogP contribution >= 0.6 is 34.9 Å². The van der Waals surface area contributed by atoms with E-state index in [1.54, 1.807) is 13.0 Å². The van der Waals surface area contributed by atoms with Crippen molar-refractivity contribution in [3.8, 4) is 11.5 Å². The number of nitrogens with zero attached hydrogens (tertiary/aromatic N) is 7. The number of aromatic hydroxyl groups is 2. The number of benzene rings is 1. The van der Waals surface area contributed by atoms with E-state index in [1.807, 2.05) is 0 Å². The van der Waals surface area contributed by atoms with Crippen LogP contribution in [0.15, 0.2) is 51.1 Å². The van der Waals surface area contributed by atoms with E-state index in [4.69, 9.17) is 10.6 Å². The number of carboxylic acids is 3. The van der Waals surface area contributed by atoms with Gasteiger partial charge >= 0.3 is 17.9 Å². The maximum absolute atomic E-state index is 13.5. The van der Waals surface area contributed by atoms with Gasteiger partial charge in [-0.1, -0.05) is 11.2 Å². The summed E-state index contributed by atoms with van der Waals surface area (Å²) in [6.45, 7) is 1.67. The van der Waals surface area contributed by atoms with Crippen LogP contribution in [0.25, 0.3) is 5.78 Å². The number of rotatable bonds is 12. The van der Waals surface area contributed by atoms with Gasteiger partial charge in [-0.3, -0.25) is 14.5 Å². The number of nitrogens with one attached hydrogen (secondary N) is 1. The average molecular weight is 758 g/mol. The van der Waals surface area contributed by atoms with Crippen molar-refractivity contribution in [2.24, 2.45) is 5.16 Å². The Morgan fingerprint density at radius 3 is 2.53 bits per heavy atom. The number of phenolic OH excluding ortho intramolecular Hbond substituents is 2. The maximum atomic E-state index is 13.5. The Kier molecular flexibility index (Phi) is 9.42. The molecule has 0 aliphatic carbocycles. The van der Waals surface area contributed by atoms with E-state index in [0.717, 1.165) is 46.2 Å². The zero-order chi connectivity index (χ0) is 36.7. The van der Waals surface area contributed by atoms with E-state index in [0.29, 0.717) is 16.3 Å². The van der Waals surface area contributed by atoms with Gasteiger partial charge in [0, 0.05) is 28.1 Å². The third-order valence-corrected chi connectivity index (χ3v) is 10.4. The number of thioether (sulfide) groups is 2. The van der Waals surface area contributed by atoms with Gasteiger partial charge < -0.3 is 41.4 Å². The van der Waals surface area contributed by atoms with Gasteiger partial charge in [-0.05, 0) is 30.7 Å². The molecule has 23 heteroatoms. The molecule has 3 atom stereocenters. The number of fused-ring (bicyclic) bond motifs is 2. The van der Waals surface area contributed by atoms with Crippen molar-refractivity contribution in [3.63, 3.8) is 0 Å². The largest absolute Gasteiger partial charge is 0.504 e. The number of carbonyl (C=O) groups is 5. The lowest BCUT2D eigenvalue weighted by atomic mass is 10.0. The van der Waals surface area contributed by atoms with Gasteiger partial charge in [-0.2, -0.15) is 9.50 Å². The van der Waals surface area contributed by atoms with Crippen molar-refractivity contribution in [2.45, 2.75) is 29.5 Å². The molecule has 1 saturated heterocycles. The summed E-state index contributed by atoms with van der Waals surface area (Å²) >= 11 is 3.27. The van der Waals surface area contributed by atoms with Crippen molar-refractivity contribution in [1.29, 1.82) is 0 Å². The number of oxime groups is 1.